The number of pyridine rings is 1. The van der Waals surface area contributed by atoms with Gasteiger partial charge in [-0.25, -0.2) is 13.8 Å². The average Bonchev–Trinajstić information content (AvgIpc) is 3.51. The maximum Gasteiger partial charge on any atom is 0.309 e. The monoisotopic (exact) mass is 479 g/mol. The molecule has 0 spiro atoms. The van der Waals surface area contributed by atoms with Crippen molar-refractivity contribution in [3.05, 3.63) is 65.0 Å². The Morgan fingerprint density at radius 1 is 1.09 bits per heavy atom. The number of aliphatic carboxylic acids is 1. The van der Waals surface area contributed by atoms with E-state index in [9.17, 15) is 23.5 Å². The van der Waals surface area contributed by atoms with Crippen molar-refractivity contribution in [2.45, 2.75) is 58.0 Å². The Labute approximate surface area is 201 Å². The minimum Gasteiger partial charge on any atom is -0.481 e. The van der Waals surface area contributed by atoms with Crippen LogP contribution in [0.4, 0.5) is 8.78 Å². The summed E-state index contributed by atoms with van der Waals surface area (Å²) in [5.74, 6) is -2.42. The highest BCUT2D eigenvalue weighted by atomic mass is 19.2. The Morgan fingerprint density at radius 2 is 1.89 bits per heavy atom. The molecule has 0 atom stereocenters. The van der Waals surface area contributed by atoms with Crippen molar-refractivity contribution in [2.24, 2.45) is 10.8 Å². The fraction of sp³-hybridized carbons (Fsp3) is 0.444. The number of hydrogen-bond acceptors (Lipinski definition) is 3. The highest BCUT2D eigenvalue weighted by molar-refractivity contribution is 5.84. The number of fused-ring (bicyclic) bond motifs is 5. The molecular formula is C27H27F2N3O3. The minimum absolute atomic E-state index is 0.0660. The minimum atomic E-state index is -0.887. The van der Waals surface area contributed by atoms with E-state index in [4.69, 9.17) is 0 Å². The van der Waals surface area contributed by atoms with Crippen molar-refractivity contribution in [1.29, 1.82) is 0 Å². The fourth-order valence-corrected chi connectivity index (χ4v) is 6.76. The average molecular weight is 480 g/mol. The number of nitrogens with zero attached hydrogens (tertiary/aromatic N) is 3. The van der Waals surface area contributed by atoms with Gasteiger partial charge < -0.3 is 14.6 Å². The number of rotatable bonds is 5. The number of carbonyl (C=O) groups excluding carboxylic acids is 1. The molecule has 3 aromatic rings. The Balaban J connectivity index is 1.28. The maximum atomic E-state index is 13.9. The summed E-state index contributed by atoms with van der Waals surface area (Å²) >= 11 is 0. The lowest BCUT2D eigenvalue weighted by molar-refractivity contribution is -0.148. The molecule has 1 aromatic carbocycles. The van der Waals surface area contributed by atoms with Gasteiger partial charge in [-0.1, -0.05) is 6.07 Å². The first-order valence-electron chi connectivity index (χ1n) is 12.2. The Kier molecular flexibility index (Phi) is 4.99. The molecule has 182 valence electrons. The molecule has 0 unspecified atom stereocenters. The number of aromatic nitrogens is 2. The van der Waals surface area contributed by atoms with Gasteiger partial charge in [-0.05, 0) is 79.3 Å². The van der Waals surface area contributed by atoms with Crippen LogP contribution in [0.15, 0.2) is 36.5 Å². The van der Waals surface area contributed by atoms with Gasteiger partial charge in [0.15, 0.2) is 11.6 Å². The van der Waals surface area contributed by atoms with Crippen LogP contribution in [0.3, 0.4) is 0 Å². The van der Waals surface area contributed by atoms with Gasteiger partial charge in [0, 0.05) is 36.8 Å². The van der Waals surface area contributed by atoms with Crippen LogP contribution < -0.4 is 0 Å². The Morgan fingerprint density at radius 3 is 2.60 bits per heavy atom. The first kappa shape index (κ1) is 22.2. The third-order valence-corrected chi connectivity index (χ3v) is 8.65. The fourth-order valence-electron chi connectivity index (χ4n) is 6.76. The second-order valence-corrected chi connectivity index (χ2v) is 10.6. The number of hydrogen-bond donors (Lipinski definition) is 1. The van der Waals surface area contributed by atoms with E-state index >= 15 is 0 Å². The standard InChI is InChI=1S/C27H27F2N3O3/c28-20-4-3-17(12-21(20)29)14-32-22-15-31(11-5-18(22)19-2-1-10-30-24(19)32)23(33)13-26-6-8-27(16-26,9-7-26)25(34)35/h1-4,10,12H,5-9,11,13-16H2,(H,34,35). The van der Waals surface area contributed by atoms with Gasteiger partial charge in [-0.3, -0.25) is 9.59 Å². The zero-order valence-corrected chi connectivity index (χ0v) is 19.4. The van der Waals surface area contributed by atoms with E-state index in [-0.39, 0.29) is 11.3 Å². The largest absolute Gasteiger partial charge is 0.481 e. The van der Waals surface area contributed by atoms with Crippen LogP contribution in [-0.2, 0) is 29.1 Å². The first-order valence-corrected chi connectivity index (χ1v) is 12.2. The normalized spacial score (nSPS) is 25.3. The second-order valence-electron chi connectivity index (χ2n) is 10.6. The molecule has 1 N–H and O–H groups in total. The topological polar surface area (TPSA) is 75.4 Å². The molecule has 2 aliphatic carbocycles. The molecule has 2 bridgehead atoms. The number of carboxylic acids is 1. The van der Waals surface area contributed by atoms with Crippen LogP contribution in [0, 0.1) is 22.5 Å². The van der Waals surface area contributed by atoms with Crippen molar-refractivity contribution in [3.8, 4) is 0 Å². The first-order chi connectivity index (χ1) is 16.8. The zero-order chi connectivity index (χ0) is 24.4. The van der Waals surface area contributed by atoms with Gasteiger partial charge in [0.05, 0.1) is 12.0 Å². The van der Waals surface area contributed by atoms with Gasteiger partial charge in [0.25, 0.3) is 0 Å². The molecular weight excluding hydrogens is 452 g/mol. The molecule has 2 saturated carbocycles. The summed E-state index contributed by atoms with van der Waals surface area (Å²) in [5, 5.41) is 10.7. The molecule has 2 fully saturated rings. The van der Waals surface area contributed by atoms with Crippen molar-refractivity contribution in [3.63, 3.8) is 0 Å². The number of carboxylic acid groups (broad SMARTS) is 1. The molecule has 3 heterocycles. The van der Waals surface area contributed by atoms with Crippen LogP contribution in [0.2, 0.25) is 0 Å². The van der Waals surface area contributed by atoms with Crippen LogP contribution in [0.1, 0.15) is 55.3 Å². The van der Waals surface area contributed by atoms with Gasteiger partial charge in [-0.2, -0.15) is 0 Å². The molecule has 6 rings (SSSR count). The van der Waals surface area contributed by atoms with Gasteiger partial charge >= 0.3 is 5.97 Å². The molecule has 35 heavy (non-hydrogen) atoms. The molecule has 8 heteroatoms. The lowest BCUT2D eigenvalue weighted by Gasteiger charge is -2.33. The summed E-state index contributed by atoms with van der Waals surface area (Å²) < 4.78 is 29.4. The summed E-state index contributed by atoms with van der Waals surface area (Å²) in [5.41, 5.74) is 2.67. The van der Waals surface area contributed by atoms with Gasteiger partial charge in [0.1, 0.15) is 5.65 Å². The summed E-state index contributed by atoms with van der Waals surface area (Å²) in [6.07, 6.45) is 6.31. The maximum absolute atomic E-state index is 13.9. The predicted octanol–water partition coefficient (Wildman–Crippen LogP) is 4.67. The molecule has 1 aliphatic heterocycles. The number of amides is 1. The molecule has 0 saturated heterocycles. The SMILES string of the molecule is O=C(CC12CCC(C(=O)O)(CC1)C2)N1CCc2c(n(Cc3ccc(F)c(F)c3)c3ncccc23)C1. The number of benzene rings is 1. The Hall–Kier alpha value is -3.29. The second kappa shape index (κ2) is 7.86. The van der Waals surface area contributed by atoms with Gasteiger partial charge in [-0.15, -0.1) is 0 Å². The molecule has 0 radical (unpaired) electrons. The Bertz CT molecular complexity index is 1360. The molecule has 6 nitrogen and oxygen atoms in total. The van der Waals surface area contributed by atoms with Crippen molar-refractivity contribution < 1.29 is 23.5 Å². The lowest BCUT2D eigenvalue weighted by Crippen LogP contribution is -2.39. The smallest absolute Gasteiger partial charge is 0.309 e. The van der Waals surface area contributed by atoms with Crippen molar-refractivity contribution in [2.75, 3.05) is 6.54 Å². The molecule has 1 amide bonds. The summed E-state index contributed by atoms with van der Waals surface area (Å²) in [6.45, 7) is 1.35. The van der Waals surface area contributed by atoms with Crippen LogP contribution >= 0.6 is 0 Å². The summed E-state index contributed by atoms with van der Waals surface area (Å²) in [7, 11) is 0. The van der Waals surface area contributed by atoms with E-state index in [1.54, 1.807) is 12.3 Å². The van der Waals surface area contributed by atoms with E-state index in [0.717, 1.165) is 41.2 Å². The highest BCUT2D eigenvalue weighted by Crippen LogP contribution is 2.63. The number of halogens is 2. The molecule has 2 aromatic heterocycles. The zero-order valence-electron chi connectivity index (χ0n) is 19.4. The molecule has 3 aliphatic rings. The third-order valence-electron chi connectivity index (χ3n) is 8.65. The number of carbonyl (C=O) groups is 2. The van der Waals surface area contributed by atoms with E-state index in [1.807, 2.05) is 21.6 Å². The van der Waals surface area contributed by atoms with E-state index in [1.165, 1.54) is 6.07 Å². The van der Waals surface area contributed by atoms with E-state index in [0.29, 0.717) is 57.3 Å². The van der Waals surface area contributed by atoms with E-state index in [2.05, 4.69) is 4.98 Å². The predicted molar refractivity (Wildman–Crippen MR) is 125 cm³/mol. The lowest BCUT2D eigenvalue weighted by atomic mass is 9.80. The van der Waals surface area contributed by atoms with Crippen molar-refractivity contribution in [1.82, 2.24) is 14.5 Å². The van der Waals surface area contributed by atoms with Crippen LogP contribution in [0.5, 0.6) is 0 Å². The third kappa shape index (κ3) is 3.53. The van der Waals surface area contributed by atoms with Crippen molar-refractivity contribution >= 4 is 22.9 Å². The van der Waals surface area contributed by atoms with Crippen LogP contribution in [-0.4, -0.2) is 38.0 Å². The van der Waals surface area contributed by atoms with E-state index < -0.39 is 23.0 Å². The van der Waals surface area contributed by atoms with Gasteiger partial charge in [0.2, 0.25) is 5.91 Å². The summed E-state index contributed by atoms with van der Waals surface area (Å²) in [6, 6.07) is 7.80. The summed E-state index contributed by atoms with van der Waals surface area (Å²) in [4.78, 5) is 31.7. The van der Waals surface area contributed by atoms with Crippen LogP contribution in [0.25, 0.3) is 11.0 Å². The quantitative estimate of drug-likeness (QED) is 0.577. The highest BCUT2D eigenvalue weighted by Gasteiger charge is 2.58.